The number of anilines is 1. The van der Waals surface area contributed by atoms with Gasteiger partial charge in [-0.1, -0.05) is 28.1 Å². The summed E-state index contributed by atoms with van der Waals surface area (Å²) in [4.78, 5) is -0.117. The Morgan fingerprint density at radius 1 is 0.897 bits per heavy atom. The topological polar surface area (TPSA) is 57.6 Å². The van der Waals surface area contributed by atoms with Crippen molar-refractivity contribution in [3.63, 3.8) is 0 Å². The van der Waals surface area contributed by atoms with Gasteiger partial charge >= 0.3 is 12.4 Å². The molecule has 0 spiro atoms. The van der Waals surface area contributed by atoms with Crippen LogP contribution in [0.15, 0.2) is 57.9 Å². The number of alkyl halides is 6. The summed E-state index contributed by atoms with van der Waals surface area (Å²) in [6.07, 6.45) is -12.1. The minimum absolute atomic E-state index is 0.117. The summed E-state index contributed by atoms with van der Waals surface area (Å²) in [6, 6.07) is 7.87. The van der Waals surface area contributed by atoms with E-state index >= 15 is 0 Å². The molecule has 0 unspecified atom stereocenters. The second kappa shape index (κ2) is 7.80. The molecule has 0 aliphatic rings. The van der Waals surface area contributed by atoms with Gasteiger partial charge in [0.1, 0.15) is 0 Å². The third kappa shape index (κ3) is 4.24. The number of sulfonamides is 1. The maximum Gasteiger partial charge on any atom is 0.430 e. The molecule has 0 aliphatic heterocycles. The molecule has 29 heavy (non-hydrogen) atoms. The Morgan fingerprint density at radius 3 is 1.72 bits per heavy atom. The van der Waals surface area contributed by atoms with Gasteiger partial charge in [0.15, 0.2) is 0 Å². The molecular weight excluding hydrogens is 492 g/mol. The molecule has 0 aromatic heterocycles. The smallest absolute Gasteiger partial charge is 0.369 e. The van der Waals surface area contributed by atoms with Gasteiger partial charge in [0.05, 0.1) is 10.6 Å². The molecule has 2 rings (SSSR count). The van der Waals surface area contributed by atoms with Gasteiger partial charge in [0.25, 0.3) is 15.6 Å². The zero-order valence-corrected chi connectivity index (χ0v) is 17.0. The fraction of sp³-hybridized carbons (Fsp3) is 0.294. The largest absolute Gasteiger partial charge is 0.430 e. The first-order valence-corrected chi connectivity index (χ1v) is 10.1. The third-order valence-electron chi connectivity index (χ3n) is 4.08. The third-order valence-corrected chi connectivity index (χ3v) is 6.53. The molecule has 0 heterocycles. The van der Waals surface area contributed by atoms with Crippen molar-refractivity contribution in [1.29, 1.82) is 0 Å². The molecule has 0 saturated heterocycles. The average Bonchev–Trinajstić information content (AvgIpc) is 2.60. The molecule has 4 nitrogen and oxygen atoms in total. The van der Waals surface area contributed by atoms with Gasteiger partial charge in [-0.3, -0.25) is 4.31 Å². The van der Waals surface area contributed by atoms with Crippen molar-refractivity contribution in [3.8, 4) is 0 Å². The standard InChI is InChI=1S/C17H14BrF6NO3S/c1-2-25(29(27,28)14-9-5-12(18)6-10-14)13-7-3-11(4-8-13)15(26,16(19,20)21)17(22,23)24/h3-10,26H,2H2,1H3. The van der Waals surface area contributed by atoms with Crippen molar-refractivity contribution in [2.75, 3.05) is 10.8 Å². The summed E-state index contributed by atoms with van der Waals surface area (Å²) >= 11 is 3.15. The quantitative estimate of drug-likeness (QED) is 0.583. The Balaban J connectivity index is 2.50. The number of hydrogen-bond acceptors (Lipinski definition) is 3. The van der Waals surface area contributed by atoms with E-state index in [-0.39, 0.29) is 17.1 Å². The van der Waals surface area contributed by atoms with Crippen molar-refractivity contribution < 1.29 is 39.9 Å². The lowest BCUT2D eigenvalue weighted by molar-refractivity contribution is -0.376. The highest BCUT2D eigenvalue weighted by atomic mass is 79.9. The van der Waals surface area contributed by atoms with E-state index in [4.69, 9.17) is 0 Å². The number of aliphatic hydroxyl groups is 1. The number of benzene rings is 2. The molecule has 0 fully saturated rings. The molecule has 0 radical (unpaired) electrons. The summed E-state index contributed by atoms with van der Waals surface area (Å²) in [5.41, 5.74) is -6.72. The van der Waals surface area contributed by atoms with Crippen LogP contribution in [0.3, 0.4) is 0 Å². The van der Waals surface area contributed by atoms with Crippen molar-refractivity contribution in [2.45, 2.75) is 29.8 Å². The number of nitrogens with zero attached hydrogens (tertiary/aromatic N) is 1. The van der Waals surface area contributed by atoms with Crippen LogP contribution in [0, 0.1) is 0 Å². The van der Waals surface area contributed by atoms with Gasteiger partial charge < -0.3 is 5.11 Å². The van der Waals surface area contributed by atoms with Gasteiger partial charge in [-0.05, 0) is 43.3 Å². The minimum Gasteiger partial charge on any atom is -0.369 e. The van der Waals surface area contributed by atoms with E-state index in [0.717, 1.165) is 16.4 Å². The number of halogens is 7. The maximum atomic E-state index is 13.0. The number of rotatable bonds is 5. The summed E-state index contributed by atoms with van der Waals surface area (Å²) in [7, 11) is -4.12. The molecule has 12 heteroatoms. The predicted molar refractivity (Wildman–Crippen MR) is 96.8 cm³/mol. The summed E-state index contributed by atoms with van der Waals surface area (Å²) < 4.78 is 105. The Hall–Kier alpha value is -1.79. The second-order valence-electron chi connectivity index (χ2n) is 5.88. The average molecular weight is 506 g/mol. The lowest BCUT2D eigenvalue weighted by Crippen LogP contribution is -2.53. The van der Waals surface area contributed by atoms with Crippen LogP contribution in [-0.4, -0.2) is 32.4 Å². The van der Waals surface area contributed by atoms with Crippen LogP contribution in [0.2, 0.25) is 0 Å². The van der Waals surface area contributed by atoms with Crippen LogP contribution in [0.5, 0.6) is 0 Å². The van der Waals surface area contributed by atoms with Crippen LogP contribution < -0.4 is 4.31 Å². The van der Waals surface area contributed by atoms with Gasteiger partial charge in [0, 0.05) is 16.6 Å². The van der Waals surface area contributed by atoms with Gasteiger partial charge in [-0.2, -0.15) is 26.3 Å². The van der Waals surface area contributed by atoms with E-state index in [1.54, 1.807) is 0 Å². The molecule has 1 N–H and O–H groups in total. The fourth-order valence-corrected chi connectivity index (χ4v) is 4.32. The van der Waals surface area contributed by atoms with E-state index in [0.29, 0.717) is 16.6 Å². The summed E-state index contributed by atoms with van der Waals surface area (Å²) in [6.45, 7) is 1.31. The zero-order chi connectivity index (χ0) is 22.3. The van der Waals surface area contributed by atoms with E-state index in [1.807, 2.05) is 0 Å². The predicted octanol–water partition coefficient (Wildman–Crippen LogP) is 4.98. The Kier molecular flexibility index (Phi) is 6.32. The van der Waals surface area contributed by atoms with Crippen molar-refractivity contribution >= 4 is 31.6 Å². The van der Waals surface area contributed by atoms with E-state index in [2.05, 4.69) is 15.9 Å². The highest BCUT2D eigenvalue weighted by Gasteiger charge is 2.71. The zero-order valence-electron chi connectivity index (χ0n) is 14.6. The van der Waals surface area contributed by atoms with Crippen molar-refractivity contribution in [3.05, 3.63) is 58.6 Å². The minimum atomic E-state index is -6.03. The lowest BCUT2D eigenvalue weighted by atomic mass is 9.92. The van der Waals surface area contributed by atoms with Gasteiger partial charge in [-0.15, -0.1) is 0 Å². The first-order chi connectivity index (χ1) is 13.2. The Morgan fingerprint density at radius 2 is 1.34 bits per heavy atom. The SMILES string of the molecule is CCN(c1ccc(C(O)(C(F)(F)F)C(F)(F)F)cc1)S(=O)(=O)c1ccc(Br)cc1. The second-order valence-corrected chi connectivity index (χ2v) is 8.65. The summed E-state index contributed by atoms with van der Waals surface area (Å²) in [5, 5.41) is 9.42. The Bertz CT molecular complexity index is 943. The van der Waals surface area contributed by atoms with Crippen molar-refractivity contribution in [2.24, 2.45) is 0 Å². The molecule has 0 saturated carbocycles. The monoisotopic (exact) mass is 505 g/mol. The maximum absolute atomic E-state index is 13.0. The van der Waals surface area contributed by atoms with Crippen LogP contribution in [0.4, 0.5) is 32.0 Å². The first-order valence-electron chi connectivity index (χ1n) is 7.91. The summed E-state index contributed by atoms with van der Waals surface area (Å²) in [5.74, 6) is 0. The Labute approximate surface area is 170 Å². The molecule has 0 bridgehead atoms. The van der Waals surface area contributed by atoms with Crippen LogP contribution in [0.25, 0.3) is 0 Å². The molecular formula is C17H14BrF6NO3S. The first kappa shape index (κ1) is 23.5. The molecule has 0 aliphatic carbocycles. The molecule has 0 amide bonds. The normalized spacial score (nSPS) is 13.4. The van der Waals surface area contributed by atoms with Crippen molar-refractivity contribution in [1.82, 2.24) is 0 Å². The lowest BCUT2D eigenvalue weighted by Gasteiger charge is -2.33. The molecule has 0 atom stereocenters. The van der Waals surface area contributed by atoms with Crippen LogP contribution in [-0.2, 0) is 15.6 Å². The fourth-order valence-electron chi connectivity index (χ4n) is 2.58. The highest BCUT2D eigenvalue weighted by molar-refractivity contribution is 9.10. The van der Waals surface area contributed by atoms with E-state index in [1.165, 1.54) is 31.2 Å². The molecule has 160 valence electrons. The highest BCUT2D eigenvalue weighted by Crippen LogP contribution is 2.50. The van der Waals surface area contributed by atoms with Crippen LogP contribution in [0.1, 0.15) is 12.5 Å². The molecule has 2 aromatic carbocycles. The molecule has 2 aromatic rings. The van der Waals surface area contributed by atoms with E-state index in [9.17, 15) is 39.9 Å². The number of hydrogen-bond donors (Lipinski definition) is 1. The van der Waals surface area contributed by atoms with Gasteiger partial charge in [0.2, 0.25) is 0 Å². The van der Waals surface area contributed by atoms with Gasteiger partial charge in [-0.25, -0.2) is 8.42 Å². The van der Waals surface area contributed by atoms with E-state index < -0.39 is 33.5 Å². The van der Waals surface area contributed by atoms with Crippen LogP contribution >= 0.6 is 15.9 Å².